The molecule has 2 aromatic carbocycles. The number of carbonyl (C=O) groups is 1. The van der Waals surface area contributed by atoms with Crippen LogP contribution in [0, 0.1) is 0 Å². The molecule has 0 bridgehead atoms. The molecule has 110 valence electrons. The predicted molar refractivity (Wildman–Crippen MR) is 88.3 cm³/mol. The van der Waals surface area contributed by atoms with Crippen molar-refractivity contribution >= 4 is 28.6 Å². The average Bonchev–Trinajstić information content (AvgIpc) is 2.78. The van der Waals surface area contributed by atoms with Crippen molar-refractivity contribution < 1.29 is 9.90 Å². The number of fused-ring (bicyclic) bond motifs is 1. The van der Waals surface area contributed by atoms with E-state index in [2.05, 4.69) is 4.99 Å². The highest BCUT2D eigenvalue weighted by molar-refractivity contribution is 6.03. The molecular formula is C18H16N2O2. The van der Waals surface area contributed by atoms with Crippen molar-refractivity contribution in [2.45, 2.75) is 6.92 Å². The van der Waals surface area contributed by atoms with E-state index in [4.69, 9.17) is 0 Å². The number of ketones is 1. The zero-order valence-electron chi connectivity index (χ0n) is 12.4. The minimum Gasteiger partial charge on any atom is -0.494 e. The summed E-state index contributed by atoms with van der Waals surface area (Å²) < 4.78 is 1.72. The number of aromatic nitrogens is 1. The molecule has 0 aliphatic rings. The Bertz CT molecular complexity index is 891. The summed E-state index contributed by atoms with van der Waals surface area (Å²) in [6.07, 6.45) is 1.64. The van der Waals surface area contributed by atoms with Crippen molar-refractivity contribution in [3.05, 3.63) is 59.7 Å². The Labute approximate surface area is 128 Å². The maximum absolute atomic E-state index is 11.4. The van der Waals surface area contributed by atoms with Gasteiger partial charge in [0.25, 0.3) is 0 Å². The van der Waals surface area contributed by atoms with Gasteiger partial charge in [-0.3, -0.25) is 9.79 Å². The van der Waals surface area contributed by atoms with Crippen LogP contribution < -0.4 is 0 Å². The highest BCUT2D eigenvalue weighted by atomic mass is 16.3. The number of aromatic hydroxyl groups is 1. The van der Waals surface area contributed by atoms with Crippen LogP contribution in [0.15, 0.2) is 53.5 Å². The Balaban J connectivity index is 2.05. The summed E-state index contributed by atoms with van der Waals surface area (Å²) in [6, 6.07) is 14.9. The van der Waals surface area contributed by atoms with Crippen molar-refractivity contribution in [3.8, 4) is 5.88 Å². The number of hydrogen-bond acceptors (Lipinski definition) is 3. The topological polar surface area (TPSA) is 54.6 Å². The quantitative estimate of drug-likeness (QED) is 0.589. The second-order valence-corrected chi connectivity index (χ2v) is 5.18. The summed E-state index contributed by atoms with van der Waals surface area (Å²) in [7, 11) is 1.81. The number of Topliss-reactive ketones (excluding diaryl/α,β-unsaturated/α-hetero) is 1. The van der Waals surface area contributed by atoms with Crippen LogP contribution in [0.3, 0.4) is 0 Å². The Kier molecular flexibility index (Phi) is 3.51. The Morgan fingerprint density at radius 3 is 2.73 bits per heavy atom. The lowest BCUT2D eigenvalue weighted by molar-refractivity contribution is 0.101. The second kappa shape index (κ2) is 5.48. The van der Waals surface area contributed by atoms with Gasteiger partial charge in [-0.2, -0.15) is 0 Å². The lowest BCUT2D eigenvalue weighted by atomic mass is 10.1. The summed E-state index contributed by atoms with van der Waals surface area (Å²) in [5.74, 6) is 0.178. The molecule has 1 heterocycles. The molecule has 1 aromatic heterocycles. The third-order valence-electron chi connectivity index (χ3n) is 3.71. The van der Waals surface area contributed by atoms with Gasteiger partial charge in [0.2, 0.25) is 5.88 Å². The zero-order valence-corrected chi connectivity index (χ0v) is 12.4. The smallest absolute Gasteiger partial charge is 0.200 e. The van der Waals surface area contributed by atoms with Crippen molar-refractivity contribution in [3.63, 3.8) is 0 Å². The van der Waals surface area contributed by atoms with Gasteiger partial charge in [0.1, 0.15) is 0 Å². The molecule has 4 heteroatoms. The van der Waals surface area contributed by atoms with Crippen molar-refractivity contribution in [2.75, 3.05) is 0 Å². The molecule has 0 aliphatic heterocycles. The second-order valence-electron chi connectivity index (χ2n) is 5.18. The van der Waals surface area contributed by atoms with Gasteiger partial charge in [0, 0.05) is 24.2 Å². The Hall–Kier alpha value is -2.88. The summed E-state index contributed by atoms with van der Waals surface area (Å²) in [5.41, 5.74) is 2.92. The van der Waals surface area contributed by atoms with Gasteiger partial charge >= 0.3 is 0 Å². The van der Waals surface area contributed by atoms with Crippen LogP contribution in [-0.4, -0.2) is 21.7 Å². The molecule has 3 aromatic rings. The fourth-order valence-corrected chi connectivity index (χ4v) is 2.48. The molecular weight excluding hydrogens is 276 g/mol. The van der Waals surface area contributed by atoms with Crippen LogP contribution >= 0.6 is 0 Å². The lowest BCUT2D eigenvalue weighted by Crippen LogP contribution is -1.90. The highest BCUT2D eigenvalue weighted by Crippen LogP contribution is 2.29. The van der Waals surface area contributed by atoms with Crippen LogP contribution in [0.1, 0.15) is 22.8 Å². The normalized spacial score (nSPS) is 11.4. The molecule has 0 amide bonds. The number of hydrogen-bond donors (Lipinski definition) is 1. The van der Waals surface area contributed by atoms with E-state index >= 15 is 0 Å². The minimum absolute atomic E-state index is 0.00468. The fourth-order valence-electron chi connectivity index (χ4n) is 2.48. The molecule has 1 N–H and O–H groups in total. The van der Waals surface area contributed by atoms with Gasteiger partial charge in [-0.05, 0) is 25.1 Å². The number of aryl methyl sites for hydroxylation is 1. The third-order valence-corrected chi connectivity index (χ3v) is 3.71. The van der Waals surface area contributed by atoms with Crippen molar-refractivity contribution in [1.82, 2.24) is 4.57 Å². The number of aliphatic imine (C=N–C) groups is 1. The van der Waals surface area contributed by atoms with Gasteiger partial charge in [0.05, 0.1) is 16.8 Å². The van der Waals surface area contributed by atoms with Gasteiger partial charge in [-0.25, -0.2) is 0 Å². The predicted octanol–water partition coefficient (Wildman–Crippen LogP) is 3.84. The number of benzene rings is 2. The van der Waals surface area contributed by atoms with E-state index in [-0.39, 0.29) is 11.7 Å². The SMILES string of the molecule is CC(=O)c1cccc(N=Cc2c(O)n(C)c3ccccc23)c1. The summed E-state index contributed by atoms with van der Waals surface area (Å²) >= 11 is 0. The number of para-hydroxylation sites is 1. The molecule has 3 rings (SSSR count). The van der Waals surface area contributed by atoms with Crippen LogP contribution in [-0.2, 0) is 7.05 Å². The van der Waals surface area contributed by atoms with Crippen LogP contribution in [0.5, 0.6) is 5.88 Å². The highest BCUT2D eigenvalue weighted by Gasteiger charge is 2.11. The standard InChI is InChI=1S/C18H16N2O2/c1-12(21)13-6-5-7-14(10-13)19-11-16-15-8-3-4-9-17(15)20(2)18(16)22/h3-11,22H,1-2H3. The monoisotopic (exact) mass is 292 g/mol. The first kappa shape index (κ1) is 14.1. The van der Waals surface area contributed by atoms with E-state index in [0.717, 1.165) is 10.9 Å². The average molecular weight is 292 g/mol. The first-order chi connectivity index (χ1) is 10.6. The maximum Gasteiger partial charge on any atom is 0.200 e. The molecule has 22 heavy (non-hydrogen) atoms. The van der Waals surface area contributed by atoms with Crippen molar-refractivity contribution in [1.29, 1.82) is 0 Å². The number of rotatable bonds is 3. The molecule has 0 saturated heterocycles. The molecule has 0 fully saturated rings. The summed E-state index contributed by atoms with van der Waals surface area (Å²) in [4.78, 5) is 15.8. The largest absolute Gasteiger partial charge is 0.494 e. The minimum atomic E-state index is 0.00468. The molecule has 0 saturated carbocycles. The molecule has 4 nitrogen and oxygen atoms in total. The van der Waals surface area contributed by atoms with Gasteiger partial charge in [-0.1, -0.05) is 30.3 Å². The Morgan fingerprint density at radius 1 is 1.18 bits per heavy atom. The van der Waals surface area contributed by atoms with Crippen molar-refractivity contribution in [2.24, 2.45) is 12.0 Å². The summed E-state index contributed by atoms with van der Waals surface area (Å²) in [5, 5.41) is 11.2. The molecule has 0 aliphatic carbocycles. The van der Waals surface area contributed by atoms with Crippen LogP contribution in [0.4, 0.5) is 5.69 Å². The van der Waals surface area contributed by atoms with E-state index in [9.17, 15) is 9.90 Å². The van der Waals surface area contributed by atoms with E-state index in [0.29, 0.717) is 16.8 Å². The van der Waals surface area contributed by atoms with E-state index in [1.807, 2.05) is 37.4 Å². The number of carbonyl (C=O) groups excluding carboxylic acids is 1. The number of nitrogens with zero attached hydrogens (tertiary/aromatic N) is 2. The fraction of sp³-hybridized carbons (Fsp3) is 0.111. The lowest BCUT2D eigenvalue weighted by Gasteiger charge is -1.98. The molecule has 0 unspecified atom stereocenters. The van der Waals surface area contributed by atoms with Crippen LogP contribution in [0.2, 0.25) is 0 Å². The van der Waals surface area contributed by atoms with E-state index < -0.39 is 0 Å². The zero-order chi connectivity index (χ0) is 15.7. The molecule has 0 atom stereocenters. The first-order valence-electron chi connectivity index (χ1n) is 6.99. The van der Waals surface area contributed by atoms with E-state index in [1.165, 1.54) is 6.92 Å². The summed E-state index contributed by atoms with van der Waals surface area (Å²) in [6.45, 7) is 1.53. The first-order valence-corrected chi connectivity index (χ1v) is 6.99. The molecule has 0 spiro atoms. The van der Waals surface area contributed by atoms with Gasteiger partial charge < -0.3 is 9.67 Å². The van der Waals surface area contributed by atoms with Crippen LogP contribution in [0.25, 0.3) is 10.9 Å². The van der Waals surface area contributed by atoms with Gasteiger partial charge in [0.15, 0.2) is 5.78 Å². The van der Waals surface area contributed by atoms with E-state index in [1.54, 1.807) is 29.0 Å². The van der Waals surface area contributed by atoms with Gasteiger partial charge in [-0.15, -0.1) is 0 Å². The third kappa shape index (κ3) is 2.39. The molecule has 0 radical (unpaired) electrons. The maximum atomic E-state index is 11.4. The Morgan fingerprint density at radius 2 is 1.95 bits per heavy atom.